The fourth-order valence-electron chi connectivity index (χ4n) is 4.38. The summed E-state index contributed by atoms with van der Waals surface area (Å²) in [6.45, 7) is 4.45. The minimum Gasteiger partial charge on any atom is -0.0949 e. The van der Waals surface area contributed by atoms with Crippen LogP contribution in [0.3, 0.4) is 0 Å². The Balaban J connectivity index is 1.41. The van der Waals surface area contributed by atoms with Crippen LogP contribution in [0.15, 0.2) is 102 Å². The topological polar surface area (TPSA) is 0 Å². The molecule has 2 aliphatic carbocycles. The number of hydrogen-bond acceptors (Lipinski definition) is 0. The van der Waals surface area contributed by atoms with E-state index in [0.29, 0.717) is 0 Å². The molecule has 0 N–H and O–H groups in total. The van der Waals surface area contributed by atoms with Gasteiger partial charge in [0.15, 0.2) is 0 Å². The summed E-state index contributed by atoms with van der Waals surface area (Å²) in [5.74, 6) is 0. The summed E-state index contributed by atoms with van der Waals surface area (Å²) in [5, 5.41) is 2.57. The molecule has 0 aromatic heterocycles. The van der Waals surface area contributed by atoms with Gasteiger partial charge in [0.05, 0.1) is 0 Å². The van der Waals surface area contributed by atoms with Crippen molar-refractivity contribution in [3.05, 3.63) is 119 Å². The Morgan fingerprint density at radius 2 is 1.67 bits per heavy atom. The molecule has 0 heterocycles. The Hall–Kier alpha value is -3.12. The van der Waals surface area contributed by atoms with Crippen molar-refractivity contribution in [2.75, 3.05) is 0 Å². The van der Waals surface area contributed by atoms with E-state index in [1.165, 1.54) is 49.8 Å². The van der Waals surface area contributed by atoms with Gasteiger partial charge < -0.3 is 0 Å². The number of rotatable bonds is 4. The molecule has 0 radical (unpaired) electrons. The fraction of sp³-hybridized carbons (Fsp3) is 0.111. The van der Waals surface area contributed by atoms with Crippen molar-refractivity contribution < 1.29 is 0 Å². The number of benzene rings is 3. The van der Waals surface area contributed by atoms with Gasteiger partial charge in [-0.05, 0) is 69.0 Å². The van der Waals surface area contributed by atoms with E-state index in [2.05, 4.69) is 91.5 Å². The second-order valence-corrected chi connectivity index (χ2v) is 7.44. The van der Waals surface area contributed by atoms with Crippen LogP contribution in [-0.2, 0) is 6.42 Å². The molecule has 27 heavy (non-hydrogen) atoms. The van der Waals surface area contributed by atoms with Crippen molar-refractivity contribution in [1.82, 2.24) is 0 Å². The maximum absolute atomic E-state index is 4.45. The molecule has 3 aromatic carbocycles. The lowest BCUT2D eigenvalue weighted by Crippen LogP contribution is -1.95. The maximum atomic E-state index is 4.45. The van der Waals surface area contributed by atoms with Gasteiger partial charge in [-0.3, -0.25) is 0 Å². The predicted octanol–water partition coefficient (Wildman–Crippen LogP) is 7.14. The quantitative estimate of drug-likeness (QED) is 0.471. The van der Waals surface area contributed by atoms with Gasteiger partial charge in [-0.25, -0.2) is 0 Å². The van der Waals surface area contributed by atoms with E-state index in [9.17, 15) is 0 Å². The van der Waals surface area contributed by atoms with Crippen molar-refractivity contribution in [3.63, 3.8) is 0 Å². The molecule has 130 valence electrons. The molecule has 0 saturated heterocycles. The minimum atomic E-state index is 0.910. The Kier molecular flexibility index (Phi) is 3.90. The van der Waals surface area contributed by atoms with Crippen molar-refractivity contribution in [2.24, 2.45) is 0 Å². The van der Waals surface area contributed by atoms with Gasteiger partial charge >= 0.3 is 0 Å². The monoisotopic (exact) mass is 346 g/mol. The second kappa shape index (κ2) is 6.55. The molecule has 0 heteroatoms. The van der Waals surface area contributed by atoms with E-state index in [1.54, 1.807) is 0 Å². The van der Waals surface area contributed by atoms with Gasteiger partial charge in [0.2, 0.25) is 0 Å². The molecular formula is C27H22. The Labute approximate surface area is 160 Å². The van der Waals surface area contributed by atoms with Crippen LogP contribution in [0.5, 0.6) is 0 Å². The van der Waals surface area contributed by atoms with Gasteiger partial charge in [0.25, 0.3) is 0 Å². The summed E-state index contributed by atoms with van der Waals surface area (Å²) < 4.78 is 0. The smallest absolute Gasteiger partial charge is 0.00137 e. The first kappa shape index (κ1) is 16.1. The molecule has 0 saturated carbocycles. The number of allylic oxidation sites excluding steroid dienone is 6. The number of hydrogen-bond donors (Lipinski definition) is 0. The van der Waals surface area contributed by atoms with E-state index in [1.807, 2.05) is 0 Å². The van der Waals surface area contributed by atoms with Gasteiger partial charge in [0, 0.05) is 0 Å². The Morgan fingerprint density at radius 1 is 0.852 bits per heavy atom. The molecule has 0 spiro atoms. The third kappa shape index (κ3) is 2.88. The van der Waals surface area contributed by atoms with Crippen molar-refractivity contribution in [2.45, 2.75) is 19.3 Å². The van der Waals surface area contributed by atoms with Crippen molar-refractivity contribution in [1.29, 1.82) is 0 Å². The van der Waals surface area contributed by atoms with Crippen LogP contribution in [0.1, 0.15) is 29.5 Å². The summed E-state index contributed by atoms with van der Waals surface area (Å²) in [4.78, 5) is 0. The van der Waals surface area contributed by atoms with Gasteiger partial charge in [-0.2, -0.15) is 0 Å². The molecule has 0 atom stereocenters. The fourth-order valence-corrected chi connectivity index (χ4v) is 4.38. The molecule has 5 rings (SSSR count). The van der Waals surface area contributed by atoms with E-state index >= 15 is 0 Å². The van der Waals surface area contributed by atoms with Crippen LogP contribution in [0.2, 0.25) is 0 Å². The largest absolute Gasteiger partial charge is 0.0949 e. The standard InChI is InChI=1S/C27H22/c1-19(25-14-6-11-20-8-4-5-13-27(20)25)16-23-12-7-15-26(23)24-17-21-9-2-3-10-22(21)18-24/h2-6,8-15,17H,1,7,16,18H2. The maximum Gasteiger partial charge on any atom is -0.00137 e. The third-order valence-corrected chi connectivity index (χ3v) is 5.72. The number of fused-ring (bicyclic) bond motifs is 2. The van der Waals surface area contributed by atoms with Crippen LogP contribution in [0, 0.1) is 0 Å². The average molecular weight is 346 g/mol. The molecular weight excluding hydrogens is 324 g/mol. The highest BCUT2D eigenvalue weighted by molar-refractivity contribution is 5.94. The lowest BCUT2D eigenvalue weighted by molar-refractivity contribution is 1.17. The normalized spacial score (nSPS) is 15.3. The van der Waals surface area contributed by atoms with Crippen LogP contribution >= 0.6 is 0 Å². The summed E-state index contributed by atoms with van der Waals surface area (Å²) >= 11 is 0. The van der Waals surface area contributed by atoms with Gasteiger partial charge in [-0.1, -0.05) is 91.5 Å². The van der Waals surface area contributed by atoms with Gasteiger partial charge in [0.1, 0.15) is 0 Å². The lowest BCUT2D eigenvalue weighted by atomic mass is 9.90. The molecule has 3 aromatic rings. The lowest BCUT2D eigenvalue weighted by Gasteiger charge is -2.14. The molecule has 2 aliphatic rings. The highest BCUT2D eigenvalue weighted by Gasteiger charge is 2.20. The van der Waals surface area contributed by atoms with E-state index in [0.717, 1.165) is 19.3 Å². The average Bonchev–Trinajstić information content (AvgIpc) is 3.33. The third-order valence-electron chi connectivity index (χ3n) is 5.72. The van der Waals surface area contributed by atoms with Crippen molar-refractivity contribution >= 4 is 22.4 Å². The van der Waals surface area contributed by atoms with Crippen LogP contribution in [0.25, 0.3) is 22.4 Å². The molecule has 0 bridgehead atoms. The van der Waals surface area contributed by atoms with Crippen molar-refractivity contribution in [3.8, 4) is 0 Å². The zero-order valence-corrected chi connectivity index (χ0v) is 15.4. The summed E-state index contributed by atoms with van der Waals surface area (Å²) in [6, 6.07) is 23.8. The second-order valence-electron chi connectivity index (χ2n) is 7.44. The van der Waals surface area contributed by atoms with Gasteiger partial charge in [-0.15, -0.1) is 0 Å². The Morgan fingerprint density at radius 3 is 2.59 bits per heavy atom. The van der Waals surface area contributed by atoms with Crippen LogP contribution in [-0.4, -0.2) is 0 Å². The van der Waals surface area contributed by atoms with E-state index in [-0.39, 0.29) is 0 Å². The minimum absolute atomic E-state index is 0.910. The first-order valence-corrected chi connectivity index (χ1v) is 9.64. The van der Waals surface area contributed by atoms with Crippen LogP contribution < -0.4 is 0 Å². The molecule has 0 fully saturated rings. The van der Waals surface area contributed by atoms with E-state index in [4.69, 9.17) is 0 Å². The highest BCUT2D eigenvalue weighted by atomic mass is 14.2. The van der Waals surface area contributed by atoms with E-state index < -0.39 is 0 Å². The summed E-state index contributed by atoms with van der Waals surface area (Å²) in [6.07, 6.45) is 10.1. The zero-order valence-electron chi connectivity index (χ0n) is 15.4. The summed E-state index contributed by atoms with van der Waals surface area (Å²) in [5.41, 5.74) is 9.57. The zero-order chi connectivity index (χ0) is 18.2. The molecule has 0 nitrogen and oxygen atoms in total. The molecule has 0 amide bonds. The molecule has 0 aliphatic heterocycles. The molecule has 0 unspecified atom stereocenters. The first-order chi connectivity index (χ1) is 13.3. The Bertz CT molecular complexity index is 1150. The highest BCUT2D eigenvalue weighted by Crippen LogP contribution is 2.39. The van der Waals surface area contributed by atoms with Crippen LogP contribution in [0.4, 0.5) is 0 Å². The first-order valence-electron chi connectivity index (χ1n) is 9.64. The predicted molar refractivity (Wildman–Crippen MR) is 117 cm³/mol. The SMILES string of the molecule is C=C(CC1=CCC=C1C1=Cc2ccccc2C1)c1cccc2ccccc12. The summed E-state index contributed by atoms with van der Waals surface area (Å²) in [7, 11) is 0.